The van der Waals surface area contributed by atoms with Gasteiger partial charge in [0.15, 0.2) is 5.11 Å². The summed E-state index contributed by atoms with van der Waals surface area (Å²) in [4.78, 5) is 0. The predicted molar refractivity (Wildman–Crippen MR) is 67.4 cm³/mol. The van der Waals surface area contributed by atoms with Crippen LogP contribution in [0.15, 0.2) is 24.3 Å². The minimum Gasteiger partial charge on any atom is -0.392 e. The van der Waals surface area contributed by atoms with Gasteiger partial charge >= 0.3 is 0 Å². The first-order valence-corrected chi connectivity index (χ1v) is 5.35. The van der Waals surface area contributed by atoms with Crippen molar-refractivity contribution in [1.29, 1.82) is 0 Å². The van der Waals surface area contributed by atoms with E-state index in [0.717, 1.165) is 5.69 Å². The first kappa shape index (κ1) is 12.2. The number of aliphatic hydroxyl groups excluding tert-OH is 1. The number of hydrogen-bond acceptors (Lipinski definition) is 2. The zero-order valence-corrected chi connectivity index (χ0v) is 9.90. The van der Waals surface area contributed by atoms with Crippen LogP contribution in [0, 0.1) is 0 Å². The second kappa shape index (κ2) is 5.90. The number of aliphatic hydroxyl groups is 1. The Kier molecular flexibility index (Phi) is 4.81. The van der Waals surface area contributed by atoms with Crippen LogP contribution < -0.4 is 10.6 Å². The van der Waals surface area contributed by atoms with Gasteiger partial charge in [-0.15, -0.1) is 0 Å². The Morgan fingerprint density at radius 2 is 2.07 bits per heavy atom. The Hall–Kier alpha value is -0.840. The molecule has 0 unspecified atom stereocenters. The topological polar surface area (TPSA) is 44.3 Å². The van der Waals surface area contributed by atoms with E-state index < -0.39 is 6.10 Å². The number of nitrogens with one attached hydrogen (secondary N) is 2. The molecule has 1 atom stereocenters. The minimum absolute atomic E-state index is 0.421. The number of rotatable bonds is 3. The van der Waals surface area contributed by atoms with Crippen molar-refractivity contribution < 1.29 is 5.11 Å². The molecule has 0 bridgehead atoms. The van der Waals surface area contributed by atoms with Crippen LogP contribution in [-0.2, 0) is 0 Å². The predicted octanol–water partition coefficient (Wildman–Crippen LogP) is 2.01. The normalized spacial score (nSPS) is 11.9. The van der Waals surface area contributed by atoms with Crippen LogP contribution in [0.1, 0.15) is 6.92 Å². The van der Waals surface area contributed by atoms with Gasteiger partial charge in [0.05, 0.1) is 6.10 Å². The highest BCUT2D eigenvalue weighted by molar-refractivity contribution is 7.80. The molecule has 1 aromatic rings. The third-order valence-corrected chi connectivity index (χ3v) is 2.16. The van der Waals surface area contributed by atoms with Crippen molar-refractivity contribution in [2.24, 2.45) is 0 Å². The first-order chi connectivity index (χ1) is 7.08. The Bertz CT molecular complexity index is 327. The first-order valence-electron chi connectivity index (χ1n) is 4.56. The van der Waals surface area contributed by atoms with Crippen LogP contribution in [0.4, 0.5) is 5.69 Å². The zero-order chi connectivity index (χ0) is 11.3. The van der Waals surface area contributed by atoms with E-state index in [1.165, 1.54) is 0 Å². The summed E-state index contributed by atoms with van der Waals surface area (Å²) in [5.41, 5.74) is 0.863. The molecular formula is C10H13ClN2OS. The molecule has 0 saturated heterocycles. The summed E-state index contributed by atoms with van der Waals surface area (Å²) in [7, 11) is 0. The monoisotopic (exact) mass is 244 g/mol. The van der Waals surface area contributed by atoms with Gasteiger partial charge in [-0.2, -0.15) is 0 Å². The van der Waals surface area contributed by atoms with Gasteiger partial charge in [0, 0.05) is 17.3 Å². The number of anilines is 1. The summed E-state index contributed by atoms with van der Waals surface area (Å²) >= 11 is 10.8. The maximum atomic E-state index is 9.04. The summed E-state index contributed by atoms with van der Waals surface area (Å²) in [6.45, 7) is 2.12. The van der Waals surface area contributed by atoms with Gasteiger partial charge in [-0.1, -0.05) is 11.6 Å². The van der Waals surface area contributed by atoms with Crippen LogP contribution in [0.2, 0.25) is 5.02 Å². The molecule has 0 aromatic heterocycles. The maximum Gasteiger partial charge on any atom is 0.170 e. The lowest BCUT2D eigenvalue weighted by Gasteiger charge is -2.11. The fourth-order valence-corrected chi connectivity index (χ4v) is 1.28. The Labute approximate surface area is 99.4 Å². The molecule has 0 radical (unpaired) electrons. The van der Waals surface area contributed by atoms with E-state index in [0.29, 0.717) is 16.7 Å². The summed E-state index contributed by atoms with van der Waals surface area (Å²) in [6.07, 6.45) is -0.421. The maximum absolute atomic E-state index is 9.04. The molecule has 0 heterocycles. The number of thiocarbonyl (C=S) groups is 1. The second-order valence-electron chi connectivity index (χ2n) is 3.19. The average Bonchev–Trinajstić information content (AvgIpc) is 2.19. The standard InChI is InChI=1S/C10H13ClN2OS/c1-7(14)6-12-10(15)13-9-4-2-8(11)3-5-9/h2-5,7,14H,6H2,1H3,(H2,12,13,15)/t7-/m0/s1. The van der Waals surface area contributed by atoms with E-state index in [1.807, 2.05) is 12.1 Å². The molecule has 0 amide bonds. The lowest BCUT2D eigenvalue weighted by Crippen LogP contribution is -2.33. The van der Waals surface area contributed by atoms with Crippen molar-refractivity contribution in [3.63, 3.8) is 0 Å². The zero-order valence-electron chi connectivity index (χ0n) is 8.33. The highest BCUT2D eigenvalue weighted by Gasteiger charge is 1.99. The SMILES string of the molecule is C[C@H](O)CNC(=S)Nc1ccc(Cl)cc1. The van der Waals surface area contributed by atoms with Gasteiger partial charge in [0.2, 0.25) is 0 Å². The van der Waals surface area contributed by atoms with Crippen molar-refractivity contribution in [1.82, 2.24) is 5.32 Å². The van der Waals surface area contributed by atoms with E-state index in [-0.39, 0.29) is 0 Å². The quantitative estimate of drug-likeness (QED) is 0.712. The second-order valence-corrected chi connectivity index (χ2v) is 4.04. The Balaban J connectivity index is 2.41. The van der Waals surface area contributed by atoms with Crippen molar-refractivity contribution in [3.05, 3.63) is 29.3 Å². The lowest BCUT2D eigenvalue weighted by molar-refractivity contribution is 0.198. The highest BCUT2D eigenvalue weighted by Crippen LogP contribution is 2.12. The van der Waals surface area contributed by atoms with E-state index in [1.54, 1.807) is 19.1 Å². The molecule has 0 spiro atoms. The summed E-state index contributed by atoms with van der Waals surface area (Å²) in [5.74, 6) is 0. The van der Waals surface area contributed by atoms with Gasteiger partial charge in [-0.3, -0.25) is 0 Å². The molecule has 1 aromatic carbocycles. The molecule has 1 rings (SSSR count). The van der Waals surface area contributed by atoms with Gasteiger partial charge in [0.25, 0.3) is 0 Å². The molecule has 3 N–H and O–H groups in total. The van der Waals surface area contributed by atoms with Crippen molar-refractivity contribution in [2.75, 3.05) is 11.9 Å². The van der Waals surface area contributed by atoms with E-state index in [9.17, 15) is 0 Å². The molecule has 0 aliphatic rings. The van der Waals surface area contributed by atoms with Crippen LogP contribution >= 0.6 is 23.8 Å². The van der Waals surface area contributed by atoms with Gasteiger partial charge in [-0.05, 0) is 43.4 Å². The third kappa shape index (κ3) is 4.97. The van der Waals surface area contributed by atoms with E-state index >= 15 is 0 Å². The molecule has 0 aliphatic heterocycles. The van der Waals surface area contributed by atoms with Crippen LogP contribution in [0.25, 0.3) is 0 Å². The fraction of sp³-hybridized carbons (Fsp3) is 0.300. The summed E-state index contributed by atoms with van der Waals surface area (Å²) in [6, 6.07) is 7.22. The van der Waals surface area contributed by atoms with Crippen molar-refractivity contribution in [3.8, 4) is 0 Å². The van der Waals surface area contributed by atoms with Crippen LogP contribution in [0.5, 0.6) is 0 Å². The Morgan fingerprint density at radius 1 is 1.47 bits per heavy atom. The van der Waals surface area contributed by atoms with Crippen molar-refractivity contribution in [2.45, 2.75) is 13.0 Å². The largest absolute Gasteiger partial charge is 0.392 e. The lowest BCUT2D eigenvalue weighted by atomic mass is 10.3. The average molecular weight is 245 g/mol. The van der Waals surface area contributed by atoms with Gasteiger partial charge in [0.1, 0.15) is 0 Å². The van der Waals surface area contributed by atoms with Crippen LogP contribution in [0.3, 0.4) is 0 Å². The molecular weight excluding hydrogens is 232 g/mol. The molecule has 0 saturated carbocycles. The Morgan fingerprint density at radius 3 is 2.60 bits per heavy atom. The smallest absolute Gasteiger partial charge is 0.170 e. The molecule has 0 aliphatic carbocycles. The van der Waals surface area contributed by atoms with Gasteiger partial charge in [-0.25, -0.2) is 0 Å². The molecule has 5 heteroatoms. The van der Waals surface area contributed by atoms with Crippen LogP contribution in [-0.4, -0.2) is 22.9 Å². The van der Waals surface area contributed by atoms with Crippen molar-refractivity contribution >= 4 is 34.6 Å². The van der Waals surface area contributed by atoms with Gasteiger partial charge < -0.3 is 15.7 Å². The molecule has 82 valence electrons. The molecule has 0 fully saturated rings. The number of halogens is 1. The highest BCUT2D eigenvalue weighted by atomic mass is 35.5. The summed E-state index contributed by atoms with van der Waals surface area (Å²) in [5, 5.41) is 16.1. The summed E-state index contributed by atoms with van der Waals surface area (Å²) < 4.78 is 0. The minimum atomic E-state index is -0.421. The van der Waals surface area contributed by atoms with E-state index in [2.05, 4.69) is 10.6 Å². The van der Waals surface area contributed by atoms with E-state index in [4.69, 9.17) is 28.9 Å². The molecule has 15 heavy (non-hydrogen) atoms. The molecule has 3 nitrogen and oxygen atoms in total. The number of benzene rings is 1. The fourth-order valence-electron chi connectivity index (χ4n) is 0.949. The number of hydrogen-bond donors (Lipinski definition) is 3. The third-order valence-electron chi connectivity index (χ3n) is 1.66.